The van der Waals surface area contributed by atoms with Gasteiger partial charge in [-0.25, -0.2) is 9.98 Å². The van der Waals surface area contributed by atoms with Gasteiger partial charge in [-0.3, -0.25) is 4.79 Å². The fourth-order valence-corrected chi connectivity index (χ4v) is 5.17. The van der Waals surface area contributed by atoms with Crippen LogP contribution in [0.5, 0.6) is 0 Å². The van der Waals surface area contributed by atoms with E-state index in [-0.39, 0.29) is 17.9 Å². The van der Waals surface area contributed by atoms with Gasteiger partial charge < -0.3 is 5.32 Å². The summed E-state index contributed by atoms with van der Waals surface area (Å²) in [6, 6.07) is 0.277. The van der Waals surface area contributed by atoms with Gasteiger partial charge in [0, 0.05) is 12.0 Å². The molecule has 2 heterocycles. The molecule has 0 spiro atoms. The van der Waals surface area contributed by atoms with Crippen LogP contribution in [0.15, 0.2) is 32.4 Å². The highest BCUT2D eigenvalue weighted by Crippen LogP contribution is 2.61. The third-order valence-electron chi connectivity index (χ3n) is 6.47. The van der Waals surface area contributed by atoms with E-state index in [0.29, 0.717) is 17.0 Å². The Morgan fingerprint density at radius 2 is 2.13 bits per heavy atom. The zero-order chi connectivity index (χ0) is 16.4. The second-order valence-electron chi connectivity index (χ2n) is 7.90. The standard InChI is InChI=1S/C18H22BrN3O/c1-9-12-6-11(18(12,2)3)7-13(9)22-17(23)14-4-10-5-16(19)20-8-15(10)21-14/h4-5,8-13H,6-7H2,1-3H3,(H,22,23)/t9-,10?,11+,12-,13-/m0/s1. The minimum absolute atomic E-state index is 0.0409. The number of fused-ring (bicyclic) bond motifs is 3. The molecule has 23 heavy (non-hydrogen) atoms. The first-order chi connectivity index (χ1) is 10.9. The summed E-state index contributed by atoms with van der Waals surface area (Å²) >= 11 is 3.37. The number of hydrogen-bond acceptors (Lipinski definition) is 3. The molecule has 4 nitrogen and oxygen atoms in total. The maximum Gasteiger partial charge on any atom is 0.269 e. The molecule has 5 rings (SSSR count). The quantitative estimate of drug-likeness (QED) is 0.738. The van der Waals surface area contributed by atoms with Gasteiger partial charge in [-0.2, -0.15) is 0 Å². The number of aliphatic imine (C=N–C) groups is 2. The van der Waals surface area contributed by atoms with Crippen molar-refractivity contribution in [2.45, 2.75) is 39.7 Å². The van der Waals surface area contributed by atoms with Gasteiger partial charge in [-0.05, 0) is 64.1 Å². The molecule has 5 atom stereocenters. The third kappa shape index (κ3) is 2.35. The zero-order valence-corrected chi connectivity index (χ0v) is 15.3. The van der Waals surface area contributed by atoms with E-state index in [1.54, 1.807) is 6.21 Å². The first kappa shape index (κ1) is 15.3. The van der Waals surface area contributed by atoms with Gasteiger partial charge in [0.05, 0.1) is 11.9 Å². The van der Waals surface area contributed by atoms with Gasteiger partial charge in [0.15, 0.2) is 0 Å². The molecule has 0 aromatic heterocycles. The Morgan fingerprint density at radius 1 is 1.35 bits per heavy atom. The SMILES string of the molecule is C[C@@H]1[C@@H](NC(=O)C2=CC3C=C(Br)N=CC3=N2)C[C@H]2C[C@@H]1C2(C)C. The second kappa shape index (κ2) is 5.13. The molecule has 2 aliphatic heterocycles. The lowest BCUT2D eigenvalue weighted by atomic mass is 9.45. The zero-order valence-electron chi connectivity index (χ0n) is 13.7. The summed E-state index contributed by atoms with van der Waals surface area (Å²) in [6.45, 7) is 7.04. The molecule has 0 aromatic carbocycles. The highest BCUT2D eigenvalue weighted by atomic mass is 79.9. The number of rotatable bonds is 2. The first-order valence-corrected chi connectivity index (χ1v) is 9.18. The first-order valence-electron chi connectivity index (χ1n) is 8.39. The minimum atomic E-state index is -0.0409. The molecule has 1 unspecified atom stereocenters. The number of carbonyl (C=O) groups excluding carboxylic acids is 1. The average Bonchev–Trinajstić information content (AvgIpc) is 2.91. The molecular weight excluding hydrogens is 354 g/mol. The van der Waals surface area contributed by atoms with Crippen molar-refractivity contribution in [1.82, 2.24) is 5.32 Å². The van der Waals surface area contributed by atoms with E-state index in [9.17, 15) is 4.79 Å². The van der Waals surface area contributed by atoms with Gasteiger partial charge in [-0.1, -0.05) is 20.8 Å². The summed E-state index contributed by atoms with van der Waals surface area (Å²) in [7, 11) is 0. The van der Waals surface area contributed by atoms with Crippen molar-refractivity contribution in [3.63, 3.8) is 0 Å². The molecule has 2 bridgehead atoms. The Hall–Kier alpha value is -1.23. The maximum absolute atomic E-state index is 12.6. The number of hydrogen-bond donors (Lipinski definition) is 1. The lowest BCUT2D eigenvalue weighted by Gasteiger charge is -2.62. The van der Waals surface area contributed by atoms with Crippen molar-refractivity contribution in [2.24, 2.45) is 39.1 Å². The van der Waals surface area contributed by atoms with Gasteiger partial charge in [-0.15, -0.1) is 0 Å². The highest BCUT2D eigenvalue weighted by Gasteiger charge is 2.56. The predicted octanol–water partition coefficient (Wildman–Crippen LogP) is 3.45. The lowest BCUT2D eigenvalue weighted by Crippen LogP contribution is -2.60. The van der Waals surface area contributed by atoms with Crippen LogP contribution in [0.25, 0.3) is 0 Å². The Labute approximate surface area is 145 Å². The third-order valence-corrected chi connectivity index (χ3v) is 6.94. The number of carbonyl (C=O) groups is 1. The molecule has 0 radical (unpaired) electrons. The summed E-state index contributed by atoms with van der Waals surface area (Å²) in [5.41, 5.74) is 1.82. The van der Waals surface area contributed by atoms with Crippen LogP contribution in [0.3, 0.4) is 0 Å². The molecule has 0 saturated heterocycles. The van der Waals surface area contributed by atoms with E-state index >= 15 is 0 Å². The van der Waals surface area contributed by atoms with Crippen LogP contribution in [0.1, 0.15) is 33.6 Å². The Bertz CT molecular complexity index is 688. The largest absolute Gasteiger partial charge is 0.348 e. The number of allylic oxidation sites excluding steroid dienone is 2. The van der Waals surface area contributed by atoms with E-state index in [2.05, 4.69) is 52.0 Å². The van der Waals surface area contributed by atoms with E-state index in [1.807, 2.05) is 12.2 Å². The van der Waals surface area contributed by atoms with Gasteiger partial charge in [0.25, 0.3) is 5.91 Å². The molecule has 122 valence electrons. The Kier molecular flexibility index (Phi) is 3.42. The minimum Gasteiger partial charge on any atom is -0.348 e. The topological polar surface area (TPSA) is 53.8 Å². The van der Waals surface area contributed by atoms with Crippen molar-refractivity contribution in [1.29, 1.82) is 0 Å². The Balaban J connectivity index is 1.45. The van der Waals surface area contributed by atoms with Gasteiger partial charge in [0.2, 0.25) is 0 Å². The molecule has 3 fully saturated rings. The van der Waals surface area contributed by atoms with Gasteiger partial charge in [0.1, 0.15) is 10.3 Å². The van der Waals surface area contributed by atoms with Gasteiger partial charge >= 0.3 is 0 Å². The molecule has 5 heteroatoms. The number of nitrogens with one attached hydrogen (secondary N) is 1. The molecule has 3 saturated carbocycles. The summed E-state index contributed by atoms with van der Waals surface area (Å²) in [4.78, 5) is 21.2. The van der Waals surface area contributed by atoms with E-state index in [1.165, 1.54) is 6.42 Å². The second-order valence-corrected chi connectivity index (χ2v) is 8.71. The predicted molar refractivity (Wildman–Crippen MR) is 95.6 cm³/mol. The lowest BCUT2D eigenvalue weighted by molar-refractivity contribution is -0.131. The van der Waals surface area contributed by atoms with Crippen molar-refractivity contribution in [3.8, 4) is 0 Å². The number of amides is 1. The van der Waals surface area contributed by atoms with Crippen LogP contribution in [0.4, 0.5) is 0 Å². The summed E-state index contributed by atoms with van der Waals surface area (Å²) in [5, 5.41) is 3.24. The number of halogens is 1. The van der Waals surface area contributed by atoms with E-state index < -0.39 is 0 Å². The fraction of sp³-hybridized carbons (Fsp3) is 0.611. The van der Waals surface area contributed by atoms with Crippen LogP contribution in [0, 0.1) is 29.1 Å². The van der Waals surface area contributed by atoms with Crippen molar-refractivity contribution >= 4 is 33.8 Å². The van der Waals surface area contributed by atoms with E-state index in [0.717, 1.165) is 28.6 Å². The maximum atomic E-state index is 12.6. The number of nitrogens with zero attached hydrogens (tertiary/aromatic N) is 2. The smallest absolute Gasteiger partial charge is 0.269 e. The normalized spacial score (nSPS) is 39.7. The van der Waals surface area contributed by atoms with E-state index in [4.69, 9.17) is 0 Å². The molecule has 3 aliphatic carbocycles. The highest BCUT2D eigenvalue weighted by molar-refractivity contribution is 9.11. The van der Waals surface area contributed by atoms with Crippen molar-refractivity contribution in [3.05, 3.63) is 22.5 Å². The molecule has 5 aliphatic rings. The van der Waals surface area contributed by atoms with Crippen LogP contribution >= 0.6 is 15.9 Å². The summed E-state index contributed by atoms with van der Waals surface area (Å²) in [6.07, 6.45) is 8.04. The molecular formula is C18H22BrN3O. The van der Waals surface area contributed by atoms with Crippen molar-refractivity contribution < 1.29 is 4.79 Å². The van der Waals surface area contributed by atoms with Crippen molar-refractivity contribution in [2.75, 3.05) is 0 Å². The van der Waals surface area contributed by atoms with Crippen LogP contribution in [-0.4, -0.2) is 23.9 Å². The molecule has 1 N–H and O–H groups in total. The Morgan fingerprint density at radius 3 is 2.83 bits per heavy atom. The molecule has 0 aromatic rings. The fourth-order valence-electron chi connectivity index (χ4n) is 4.78. The summed E-state index contributed by atoms with van der Waals surface area (Å²) in [5.74, 6) is 2.03. The monoisotopic (exact) mass is 375 g/mol. The van der Waals surface area contributed by atoms with Crippen LogP contribution in [-0.2, 0) is 4.79 Å². The van der Waals surface area contributed by atoms with Crippen LogP contribution in [0.2, 0.25) is 0 Å². The molecule has 1 amide bonds. The van der Waals surface area contributed by atoms with Crippen LogP contribution < -0.4 is 5.32 Å². The summed E-state index contributed by atoms with van der Waals surface area (Å²) < 4.78 is 0.794. The average molecular weight is 376 g/mol.